The largest absolute Gasteiger partial charge is 0.396 e. The zero-order chi connectivity index (χ0) is 12.3. The fourth-order valence-corrected chi connectivity index (χ4v) is 2.89. The number of aliphatic hydroxyl groups excluding tert-OH is 1. The standard InChI is InChI=1S/C12H16BrClN2O/c13-11-7-9(14)8-15-12(11)16(5-2-6-17)10-3-1-4-10/h7-8,10,17H,1-6H2. The van der Waals surface area contributed by atoms with Gasteiger partial charge in [0.1, 0.15) is 5.82 Å². The molecule has 1 aromatic heterocycles. The van der Waals surface area contributed by atoms with E-state index in [9.17, 15) is 0 Å². The molecule has 1 aromatic rings. The number of pyridine rings is 1. The molecule has 1 aliphatic rings. The van der Waals surface area contributed by atoms with Crippen LogP contribution >= 0.6 is 27.5 Å². The quantitative estimate of drug-likeness (QED) is 0.905. The van der Waals surface area contributed by atoms with Crippen LogP contribution < -0.4 is 4.90 Å². The van der Waals surface area contributed by atoms with Gasteiger partial charge in [0, 0.05) is 25.4 Å². The lowest BCUT2D eigenvalue weighted by Crippen LogP contribution is -2.41. The van der Waals surface area contributed by atoms with Crippen molar-refractivity contribution in [3.8, 4) is 0 Å². The third-order valence-corrected chi connectivity index (χ3v) is 3.92. The first kappa shape index (κ1) is 13.1. The van der Waals surface area contributed by atoms with E-state index >= 15 is 0 Å². The van der Waals surface area contributed by atoms with Crippen molar-refractivity contribution in [2.24, 2.45) is 0 Å². The summed E-state index contributed by atoms with van der Waals surface area (Å²) < 4.78 is 0.926. The Balaban J connectivity index is 2.17. The Labute approximate surface area is 115 Å². The van der Waals surface area contributed by atoms with Crippen molar-refractivity contribution in [3.63, 3.8) is 0 Å². The SMILES string of the molecule is OCCCN(c1ncc(Cl)cc1Br)C1CCC1. The third kappa shape index (κ3) is 3.12. The monoisotopic (exact) mass is 318 g/mol. The van der Waals surface area contributed by atoms with Gasteiger partial charge in [-0.3, -0.25) is 0 Å². The molecule has 0 saturated heterocycles. The highest BCUT2D eigenvalue weighted by Crippen LogP contribution is 2.33. The Morgan fingerprint density at radius 2 is 2.29 bits per heavy atom. The normalized spacial score (nSPS) is 15.7. The maximum Gasteiger partial charge on any atom is 0.143 e. The van der Waals surface area contributed by atoms with E-state index < -0.39 is 0 Å². The molecule has 1 heterocycles. The Morgan fingerprint density at radius 3 is 2.82 bits per heavy atom. The summed E-state index contributed by atoms with van der Waals surface area (Å²) in [6, 6.07) is 2.43. The average molecular weight is 320 g/mol. The summed E-state index contributed by atoms with van der Waals surface area (Å²) in [5.74, 6) is 0.938. The van der Waals surface area contributed by atoms with Crippen LogP contribution in [-0.4, -0.2) is 29.3 Å². The van der Waals surface area contributed by atoms with Gasteiger partial charge < -0.3 is 10.0 Å². The van der Waals surface area contributed by atoms with Gasteiger partial charge in [-0.1, -0.05) is 11.6 Å². The van der Waals surface area contributed by atoms with E-state index in [1.54, 1.807) is 6.20 Å². The summed E-state index contributed by atoms with van der Waals surface area (Å²) in [4.78, 5) is 6.68. The van der Waals surface area contributed by atoms with Gasteiger partial charge in [-0.15, -0.1) is 0 Å². The number of anilines is 1. The molecule has 94 valence electrons. The van der Waals surface area contributed by atoms with Crippen LogP contribution in [0.5, 0.6) is 0 Å². The first-order valence-electron chi connectivity index (χ1n) is 5.91. The highest BCUT2D eigenvalue weighted by Gasteiger charge is 2.26. The Morgan fingerprint density at radius 1 is 1.53 bits per heavy atom. The first-order chi connectivity index (χ1) is 8.22. The van der Waals surface area contributed by atoms with Crippen LogP contribution in [0.3, 0.4) is 0 Å². The topological polar surface area (TPSA) is 36.4 Å². The van der Waals surface area contributed by atoms with Gasteiger partial charge in [-0.25, -0.2) is 4.98 Å². The summed E-state index contributed by atoms with van der Waals surface area (Å²) >= 11 is 9.41. The molecule has 0 aliphatic heterocycles. The lowest BCUT2D eigenvalue weighted by molar-refractivity contribution is 0.282. The van der Waals surface area contributed by atoms with E-state index in [0.29, 0.717) is 11.1 Å². The maximum absolute atomic E-state index is 8.97. The predicted octanol–water partition coefficient (Wildman–Crippen LogP) is 3.24. The van der Waals surface area contributed by atoms with Crippen LogP contribution in [0.4, 0.5) is 5.82 Å². The minimum Gasteiger partial charge on any atom is -0.396 e. The van der Waals surface area contributed by atoms with Crippen LogP contribution in [0, 0.1) is 0 Å². The number of rotatable bonds is 5. The van der Waals surface area contributed by atoms with E-state index in [1.807, 2.05) is 6.07 Å². The number of nitrogens with zero attached hydrogens (tertiary/aromatic N) is 2. The van der Waals surface area contributed by atoms with E-state index in [4.69, 9.17) is 16.7 Å². The van der Waals surface area contributed by atoms with Gasteiger partial charge in [-0.05, 0) is 47.7 Å². The molecule has 3 nitrogen and oxygen atoms in total. The molecule has 17 heavy (non-hydrogen) atoms. The van der Waals surface area contributed by atoms with E-state index in [2.05, 4.69) is 25.8 Å². The minimum absolute atomic E-state index is 0.217. The van der Waals surface area contributed by atoms with Crippen LogP contribution in [0.1, 0.15) is 25.7 Å². The van der Waals surface area contributed by atoms with Gasteiger partial charge in [0.2, 0.25) is 0 Å². The molecule has 1 aliphatic carbocycles. The molecule has 1 saturated carbocycles. The zero-order valence-corrected chi connectivity index (χ0v) is 11.9. The molecule has 5 heteroatoms. The smallest absolute Gasteiger partial charge is 0.143 e. The molecule has 0 spiro atoms. The molecule has 0 amide bonds. The van der Waals surface area contributed by atoms with Crippen molar-refractivity contribution in [1.29, 1.82) is 0 Å². The second-order valence-corrected chi connectivity index (χ2v) is 5.61. The highest BCUT2D eigenvalue weighted by molar-refractivity contribution is 9.10. The fraction of sp³-hybridized carbons (Fsp3) is 0.583. The molecule has 1 fully saturated rings. The molecule has 0 bridgehead atoms. The molecule has 0 aromatic carbocycles. The van der Waals surface area contributed by atoms with Gasteiger partial charge in [0.25, 0.3) is 0 Å². The van der Waals surface area contributed by atoms with E-state index in [0.717, 1.165) is 23.3 Å². The van der Waals surface area contributed by atoms with E-state index in [1.165, 1.54) is 19.3 Å². The summed E-state index contributed by atoms with van der Waals surface area (Å²) in [6.07, 6.45) is 6.15. The Bertz CT molecular complexity index is 385. The molecular formula is C12H16BrClN2O. The molecule has 2 rings (SSSR count). The third-order valence-electron chi connectivity index (χ3n) is 3.13. The summed E-state index contributed by atoms with van der Waals surface area (Å²) in [6.45, 7) is 1.06. The summed E-state index contributed by atoms with van der Waals surface area (Å²) in [5, 5.41) is 9.60. The lowest BCUT2D eigenvalue weighted by Gasteiger charge is -2.38. The second-order valence-electron chi connectivity index (χ2n) is 4.31. The Kier molecular flexibility index (Phi) is 4.65. The van der Waals surface area contributed by atoms with Crippen molar-refractivity contribution in [2.45, 2.75) is 31.7 Å². The molecular weight excluding hydrogens is 304 g/mol. The van der Waals surface area contributed by atoms with Crippen molar-refractivity contribution in [2.75, 3.05) is 18.1 Å². The minimum atomic E-state index is 0.217. The fourth-order valence-electron chi connectivity index (χ4n) is 2.02. The molecule has 0 radical (unpaired) electrons. The summed E-state index contributed by atoms with van der Waals surface area (Å²) in [5.41, 5.74) is 0. The van der Waals surface area contributed by atoms with Crippen LogP contribution in [-0.2, 0) is 0 Å². The molecule has 0 unspecified atom stereocenters. The van der Waals surface area contributed by atoms with Crippen LogP contribution in [0.2, 0.25) is 5.02 Å². The maximum atomic E-state index is 8.97. The second kappa shape index (κ2) is 6.03. The number of aromatic nitrogens is 1. The van der Waals surface area contributed by atoms with Gasteiger partial charge in [-0.2, -0.15) is 0 Å². The summed E-state index contributed by atoms with van der Waals surface area (Å²) in [7, 11) is 0. The number of hydrogen-bond donors (Lipinski definition) is 1. The lowest BCUT2D eigenvalue weighted by atomic mass is 9.91. The van der Waals surface area contributed by atoms with Crippen molar-refractivity contribution < 1.29 is 5.11 Å². The van der Waals surface area contributed by atoms with Crippen LogP contribution in [0.25, 0.3) is 0 Å². The number of aliphatic hydroxyl groups is 1. The van der Waals surface area contributed by atoms with Crippen molar-refractivity contribution >= 4 is 33.3 Å². The van der Waals surface area contributed by atoms with Crippen molar-refractivity contribution in [1.82, 2.24) is 4.98 Å². The molecule has 1 N–H and O–H groups in total. The van der Waals surface area contributed by atoms with Gasteiger partial charge in [0.15, 0.2) is 0 Å². The average Bonchev–Trinajstić information content (AvgIpc) is 2.22. The van der Waals surface area contributed by atoms with Gasteiger partial charge in [0.05, 0.1) is 9.50 Å². The Hall–Kier alpha value is -0.320. The van der Waals surface area contributed by atoms with Crippen LogP contribution in [0.15, 0.2) is 16.7 Å². The predicted molar refractivity (Wildman–Crippen MR) is 73.6 cm³/mol. The number of hydrogen-bond acceptors (Lipinski definition) is 3. The zero-order valence-electron chi connectivity index (χ0n) is 9.57. The van der Waals surface area contributed by atoms with Crippen molar-refractivity contribution in [3.05, 3.63) is 21.8 Å². The molecule has 0 atom stereocenters. The van der Waals surface area contributed by atoms with E-state index in [-0.39, 0.29) is 6.61 Å². The highest BCUT2D eigenvalue weighted by atomic mass is 79.9. The number of halogens is 2. The first-order valence-corrected chi connectivity index (χ1v) is 7.08. The van der Waals surface area contributed by atoms with Gasteiger partial charge >= 0.3 is 0 Å².